The number of anilines is 1. The molecule has 2 aromatic rings. The van der Waals surface area contributed by atoms with E-state index in [0.29, 0.717) is 19.4 Å². The summed E-state index contributed by atoms with van der Waals surface area (Å²) in [5, 5.41) is 10.8. The second kappa shape index (κ2) is 8.61. The van der Waals surface area contributed by atoms with Gasteiger partial charge in [0, 0.05) is 64.3 Å². The van der Waals surface area contributed by atoms with Crippen LogP contribution in [-0.4, -0.2) is 81.4 Å². The average Bonchev–Trinajstić information content (AvgIpc) is 2.73. The topological polar surface area (TPSA) is 77.7 Å². The van der Waals surface area contributed by atoms with Crippen molar-refractivity contribution in [3.05, 3.63) is 52.8 Å². The van der Waals surface area contributed by atoms with Crippen LogP contribution in [0.4, 0.5) is 5.82 Å². The van der Waals surface area contributed by atoms with E-state index in [4.69, 9.17) is 0 Å². The third kappa shape index (κ3) is 5.01. The molecule has 0 bridgehead atoms. The Morgan fingerprint density at radius 1 is 1.14 bits per heavy atom. The summed E-state index contributed by atoms with van der Waals surface area (Å²) in [6, 6.07) is 5.67. The fraction of sp³-hybridized carbons (Fsp3) is 0.571. The fourth-order valence-electron chi connectivity index (χ4n) is 4.10. The normalized spacial score (nSPS) is 20.7. The molecule has 4 heterocycles. The van der Waals surface area contributed by atoms with Gasteiger partial charge in [-0.25, -0.2) is 4.98 Å². The Morgan fingerprint density at radius 2 is 1.90 bits per heavy atom. The molecule has 8 nitrogen and oxygen atoms in total. The van der Waals surface area contributed by atoms with E-state index in [9.17, 15) is 9.90 Å². The lowest BCUT2D eigenvalue weighted by Gasteiger charge is -2.37. The van der Waals surface area contributed by atoms with Crippen LogP contribution in [-0.2, 0) is 13.1 Å². The summed E-state index contributed by atoms with van der Waals surface area (Å²) in [4.78, 5) is 28.1. The molecule has 2 saturated heterocycles. The predicted octanol–water partition coefficient (Wildman–Crippen LogP) is 0.417. The highest BCUT2D eigenvalue weighted by Gasteiger charge is 2.32. The number of nitrogens with zero attached hydrogens (tertiary/aromatic N) is 6. The highest BCUT2D eigenvalue weighted by molar-refractivity contribution is 5.37. The molecule has 0 saturated carbocycles. The molecule has 1 N–H and O–H groups in total. The maximum Gasteiger partial charge on any atom is 0.255 e. The van der Waals surface area contributed by atoms with Crippen LogP contribution in [0.1, 0.15) is 18.4 Å². The molecule has 2 aliphatic rings. The minimum absolute atomic E-state index is 0.0971. The van der Waals surface area contributed by atoms with Gasteiger partial charge in [-0.3, -0.25) is 19.2 Å². The molecule has 0 radical (unpaired) electrons. The first-order valence-corrected chi connectivity index (χ1v) is 10.3. The molecule has 0 aliphatic carbocycles. The molecule has 2 aliphatic heterocycles. The largest absolute Gasteiger partial charge is 0.388 e. The molecule has 156 valence electrons. The zero-order valence-corrected chi connectivity index (χ0v) is 17.1. The molecule has 0 amide bonds. The third-order valence-electron chi connectivity index (χ3n) is 6.07. The van der Waals surface area contributed by atoms with E-state index in [1.54, 1.807) is 23.2 Å². The monoisotopic (exact) mass is 398 g/mol. The standard InChI is InChI=1S/C21H30N6O2/c1-24-7-4-21(29,5-8-24)16-27-17-23-19(13-20(27)28)26-11-9-25(10-12-26)15-18-3-2-6-22-14-18/h2-3,6,13-14,17,29H,4-5,7-12,15-16H2,1H3. The van der Waals surface area contributed by atoms with E-state index >= 15 is 0 Å². The van der Waals surface area contributed by atoms with E-state index in [-0.39, 0.29) is 5.56 Å². The van der Waals surface area contributed by atoms with Crippen molar-refractivity contribution < 1.29 is 5.11 Å². The summed E-state index contributed by atoms with van der Waals surface area (Å²) in [6.07, 6.45) is 6.65. The average molecular weight is 399 g/mol. The van der Waals surface area contributed by atoms with Crippen molar-refractivity contribution in [3.63, 3.8) is 0 Å². The first-order chi connectivity index (χ1) is 14.0. The predicted molar refractivity (Wildman–Crippen MR) is 112 cm³/mol. The molecular formula is C21H30N6O2. The van der Waals surface area contributed by atoms with Gasteiger partial charge in [-0.05, 0) is 31.5 Å². The van der Waals surface area contributed by atoms with Gasteiger partial charge in [0.25, 0.3) is 5.56 Å². The molecule has 2 fully saturated rings. The maximum atomic E-state index is 12.6. The van der Waals surface area contributed by atoms with Crippen molar-refractivity contribution >= 4 is 5.82 Å². The van der Waals surface area contributed by atoms with Crippen molar-refractivity contribution in [1.29, 1.82) is 0 Å². The number of hydrogen-bond acceptors (Lipinski definition) is 7. The fourth-order valence-corrected chi connectivity index (χ4v) is 4.10. The molecule has 29 heavy (non-hydrogen) atoms. The van der Waals surface area contributed by atoms with Crippen molar-refractivity contribution in [2.75, 3.05) is 51.2 Å². The van der Waals surface area contributed by atoms with E-state index in [0.717, 1.165) is 51.6 Å². The van der Waals surface area contributed by atoms with Crippen LogP contribution in [0.5, 0.6) is 0 Å². The summed E-state index contributed by atoms with van der Waals surface area (Å²) >= 11 is 0. The lowest BCUT2D eigenvalue weighted by Crippen LogP contribution is -2.48. The van der Waals surface area contributed by atoms with Gasteiger partial charge >= 0.3 is 0 Å². The maximum absolute atomic E-state index is 12.6. The summed E-state index contributed by atoms with van der Waals surface area (Å²) in [5.74, 6) is 0.725. The van der Waals surface area contributed by atoms with Gasteiger partial charge in [0.1, 0.15) is 5.82 Å². The Balaban J connectivity index is 1.34. The minimum Gasteiger partial charge on any atom is -0.388 e. The van der Waals surface area contributed by atoms with Gasteiger partial charge in [-0.1, -0.05) is 6.07 Å². The first kappa shape index (κ1) is 20.0. The van der Waals surface area contributed by atoms with Gasteiger partial charge in [0.15, 0.2) is 0 Å². The number of piperazine rings is 1. The van der Waals surface area contributed by atoms with Crippen LogP contribution >= 0.6 is 0 Å². The highest BCUT2D eigenvalue weighted by Crippen LogP contribution is 2.23. The summed E-state index contributed by atoms with van der Waals surface area (Å²) in [7, 11) is 2.05. The number of hydrogen-bond donors (Lipinski definition) is 1. The quantitative estimate of drug-likeness (QED) is 0.782. The summed E-state index contributed by atoms with van der Waals surface area (Å²) in [5.41, 5.74) is 0.297. The van der Waals surface area contributed by atoms with E-state index < -0.39 is 5.60 Å². The number of aliphatic hydroxyl groups is 1. The van der Waals surface area contributed by atoms with Crippen molar-refractivity contribution in [3.8, 4) is 0 Å². The molecule has 0 spiro atoms. The van der Waals surface area contributed by atoms with Gasteiger partial charge in [-0.15, -0.1) is 0 Å². The van der Waals surface area contributed by atoms with E-state index in [1.165, 1.54) is 5.56 Å². The van der Waals surface area contributed by atoms with E-state index in [2.05, 4.69) is 37.8 Å². The molecule has 4 rings (SSSR count). The van der Waals surface area contributed by atoms with Gasteiger partial charge < -0.3 is 14.9 Å². The molecule has 0 aromatic carbocycles. The van der Waals surface area contributed by atoms with Crippen molar-refractivity contribution in [1.82, 2.24) is 24.3 Å². The zero-order chi connectivity index (χ0) is 20.3. The molecule has 8 heteroatoms. The Hall–Kier alpha value is -2.29. The number of piperidine rings is 1. The number of pyridine rings is 1. The van der Waals surface area contributed by atoms with Crippen LogP contribution < -0.4 is 10.5 Å². The van der Waals surface area contributed by atoms with Crippen LogP contribution in [0.25, 0.3) is 0 Å². The molecular weight excluding hydrogens is 368 g/mol. The zero-order valence-electron chi connectivity index (χ0n) is 17.1. The lowest BCUT2D eigenvalue weighted by atomic mass is 9.91. The third-order valence-corrected chi connectivity index (χ3v) is 6.07. The number of aromatic nitrogens is 3. The smallest absolute Gasteiger partial charge is 0.255 e. The molecule has 0 unspecified atom stereocenters. The second-order valence-electron chi connectivity index (χ2n) is 8.37. The SMILES string of the molecule is CN1CCC(O)(Cn2cnc(N3CCN(Cc4cccnc4)CC3)cc2=O)CC1. The number of rotatable bonds is 5. The Labute approximate surface area is 171 Å². The van der Waals surface area contributed by atoms with Gasteiger partial charge in [0.2, 0.25) is 0 Å². The van der Waals surface area contributed by atoms with Crippen LogP contribution in [0.3, 0.4) is 0 Å². The second-order valence-corrected chi connectivity index (χ2v) is 8.37. The van der Waals surface area contributed by atoms with Crippen LogP contribution in [0.2, 0.25) is 0 Å². The Morgan fingerprint density at radius 3 is 2.55 bits per heavy atom. The van der Waals surface area contributed by atoms with Crippen LogP contribution in [0, 0.1) is 0 Å². The van der Waals surface area contributed by atoms with Crippen molar-refractivity contribution in [2.45, 2.75) is 31.5 Å². The minimum atomic E-state index is -0.822. The van der Waals surface area contributed by atoms with Crippen molar-refractivity contribution in [2.24, 2.45) is 0 Å². The number of likely N-dealkylation sites (tertiary alicyclic amines) is 1. The summed E-state index contributed by atoms with van der Waals surface area (Å²) in [6.45, 7) is 6.43. The van der Waals surface area contributed by atoms with E-state index in [1.807, 2.05) is 12.3 Å². The molecule has 0 atom stereocenters. The summed E-state index contributed by atoms with van der Waals surface area (Å²) < 4.78 is 1.55. The highest BCUT2D eigenvalue weighted by atomic mass is 16.3. The first-order valence-electron chi connectivity index (χ1n) is 10.3. The van der Waals surface area contributed by atoms with Crippen LogP contribution in [0.15, 0.2) is 41.7 Å². The van der Waals surface area contributed by atoms with Gasteiger partial charge in [-0.2, -0.15) is 0 Å². The Bertz CT molecular complexity index is 855. The van der Waals surface area contributed by atoms with Gasteiger partial charge in [0.05, 0.1) is 18.5 Å². The Kier molecular flexibility index (Phi) is 5.94. The molecule has 2 aromatic heterocycles. The lowest BCUT2D eigenvalue weighted by molar-refractivity contribution is -0.0299.